The Morgan fingerprint density at radius 2 is 2.08 bits per heavy atom. The molecule has 1 aromatic heterocycles. The molecule has 1 aliphatic rings. The maximum atomic E-state index is 12.7. The molecule has 2 aromatic rings. The van der Waals surface area contributed by atoms with Crippen molar-refractivity contribution in [2.75, 3.05) is 13.1 Å². The van der Waals surface area contributed by atoms with Gasteiger partial charge in [0.05, 0.1) is 17.4 Å². The Labute approximate surface area is 153 Å². The number of likely N-dealkylation sites (tertiary alicyclic amines) is 1. The highest BCUT2D eigenvalue weighted by Gasteiger charge is 2.27. The Bertz CT molecular complexity index is 684. The minimum Gasteiger partial charge on any atom is -0.338 e. The van der Waals surface area contributed by atoms with Crippen LogP contribution in [0.2, 0.25) is 5.02 Å². The van der Waals surface area contributed by atoms with E-state index in [4.69, 9.17) is 17.3 Å². The highest BCUT2D eigenvalue weighted by molar-refractivity contribution is 6.30. The molecule has 1 aliphatic heterocycles. The van der Waals surface area contributed by atoms with Gasteiger partial charge in [-0.1, -0.05) is 11.6 Å². The van der Waals surface area contributed by atoms with E-state index in [1.165, 1.54) is 0 Å². The molecule has 1 saturated heterocycles. The van der Waals surface area contributed by atoms with Gasteiger partial charge in [-0.2, -0.15) is 5.10 Å². The number of nitrogens with two attached hydrogens (primary N) is 1. The monoisotopic (exact) mass is 368 g/mol. The molecule has 0 radical (unpaired) electrons. The smallest absolute Gasteiger partial charge is 0.257 e. The van der Waals surface area contributed by atoms with Gasteiger partial charge in [0.25, 0.3) is 5.91 Å². The van der Waals surface area contributed by atoms with Crippen molar-refractivity contribution in [3.63, 3.8) is 0 Å². The second kappa shape index (κ2) is 8.01. The van der Waals surface area contributed by atoms with Crippen molar-refractivity contribution in [1.29, 1.82) is 0 Å². The molecule has 2 N–H and O–H groups in total. The fourth-order valence-corrected chi connectivity index (χ4v) is 3.10. The zero-order chi connectivity index (χ0) is 16.4. The second-order valence-electron chi connectivity index (χ2n) is 6.16. The Kier molecular flexibility index (Phi) is 6.27. The Morgan fingerprint density at radius 1 is 1.38 bits per heavy atom. The van der Waals surface area contributed by atoms with Crippen LogP contribution in [0.3, 0.4) is 0 Å². The van der Waals surface area contributed by atoms with Gasteiger partial charge in [0.15, 0.2) is 0 Å². The SMILES string of the molecule is CC(N)C1CCCN(C(=O)c2cnn(-c3ccc(Cl)cc3)c2)C1.Cl. The van der Waals surface area contributed by atoms with Gasteiger partial charge in [-0.05, 0) is 49.9 Å². The summed E-state index contributed by atoms with van der Waals surface area (Å²) in [6, 6.07) is 7.46. The lowest BCUT2D eigenvalue weighted by Crippen LogP contribution is -2.45. The maximum Gasteiger partial charge on any atom is 0.257 e. The Hall–Kier alpha value is -1.56. The lowest BCUT2D eigenvalue weighted by Gasteiger charge is -2.34. The molecule has 0 saturated carbocycles. The molecule has 3 rings (SSSR count). The zero-order valence-corrected chi connectivity index (χ0v) is 15.1. The number of hydrogen-bond donors (Lipinski definition) is 1. The third-order valence-electron chi connectivity index (χ3n) is 4.41. The van der Waals surface area contributed by atoms with Crippen LogP contribution >= 0.6 is 24.0 Å². The van der Waals surface area contributed by atoms with Gasteiger partial charge in [0.1, 0.15) is 0 Å². The topological polar surface area (TPSA) is 64.2 Å². The number of nitrogens with zero attached hydrogens (tertiary/aromatic N) is 3. The van der Waals surface area contributed by atoms with Crippen LogP contribution in [0.5, 0.6) is 0 Å². The summed E-state index contributed by atoms with van der Waals surface area (Å²) in [6.07, 6.45) is 5.47. The average Bonchev–Trinajstić information content (AvgIpc) is 3.05. The first-order valence-corrected chi connectivity index (χ1v) is 8.28. The molecule has 130 valence electrons. The molecule has 0 bridgehead atoms. The lowest BCUT2D eigenvalue weighted by molar-refractivity contribution is 0.0661. The van der Waals surface area contributed by atoms with Crippen LogP contribution in [0.25, 0.3) is 5.69 Å². The molecule has 1 amide bonds. The molecule has 0 spiro atoms. The lowest BCUT2D eigenvalue weighted by atomic mass is 9.92. The van der Waals surface area contributed by atoms with Crippen LogP contribution in [0.1, 0.15) is 30.1 Å². The highest BCUT2D eigenvalue weighted by atomic mass is 35.5. The summed E-state index contributed by atoms with van der Waals surface area (Å²) >= 11 is 5.89. The fraction of sp³-hybridized carbons (Fsp3) is 0.412. The molecule has 2 heterocycles. The van der Waals surface area contributed by atoms with E-state index in [9.17, 15) is 4.79 Å². The van der Waals surface area contributed by atoms with Crippen molar-refractivity contribution >= 4 is 29.9 Å². The molecule has 2 unspecified atom stereocenters. The molecular weight excluding hydrogens is 347 g/mol. The van der Waals surface area contributed by atoms with Crippen LogP contribution in [0.4, 0.5) is 0 Å². The zero-order valence-electron chi connectivity index (χ0n) is 13.6. The number of carbonyl (C=O) groups is 1. The van der Waals surface area contributed by atoms with Crippen molar-refractivity contribution in [3.05, 3.63) is 47.2 Å². The number of benzene rings is 1. The summed E-state index contributed by atoms with van der Waals surface area (Å²) < 4.78 is 1.69. The maximum absolute atomic E-state index is 12.7. The minimum atomic E-state index is 0. The first-order chi connectivity index (χ1) is 11.0. The number of halogens is 2. The summed E-state index contributed by atoms with van der Waals surface area (Å²) in [5, 5.41) is 4.96. The van der Waals surface area contributed by atoms with Crippen molar-refractivity contribution in [1.82, 2.24) is 14.7 Å². The van der Waals surface area contributed by atoms with E-state index in [0.717, 1.165) is 31.6 Å². The molecule has 5 nitrogen and oxygen atoms in total. The predicted octanol–water partition coefficient (Wildman–Crippen LogP) is 3.15. The van der Waals surface area contributed by atoms with Gasteiger partial charge in [-0.25, -0.2) is 4.68 Å². The first kappa shape index (κ1) is 18.8. The average molecular weight is 369 g/mol. The van der Waals surface area contributed by atoms with E-state index in [1.54, 1.807) is 29.2 Å². The molecule has 1 aromatic carbocycles. The number of piperidine rings is 1. The van der Waals surface area contributed by atoms with Crippen molar-refractivity contribution < 1.29 is 4.79 Å². The van der Waals surface area contributed by atoms with Gasteiger partial charge < -0.3 is 10.6 Å². The van der Waals surface area contributed by atoms with Crippen LogP contribution in [0, 0.1) is 5.92 Å². The molecule has 0 aliphatic carbocycles. The largest absolute Gasteiger partial charge is 0.338 e. The Morgan fingerprint density at radius 3 is 2.75 bits per heavy atom. The van der Waals surface area contributed by atoms with E-state index in [1.807, 2.05) is 24.0 Å². The number of aromatic nitrogens is 2. The van der Waals surface area contributed by atoms with E-state index in [2.05, 4.69) is 5.10 Å². The van der Waals surface area contributed by atoms with Gasteiger partial charge in [-0.15, -0.1) is 12.4 Å². The van der Waals surface area contributed by atoms with Gasteiger partial charge in [-0.3, -0.25) is 4.79 Å². The van der Waals surface area contributed by atoms with Gasteiger partial charge in [0, 0.05) is 30.4 Å². The summed E-state index contributed by atoms with van der Waals surface area (Å²) in [5.74, 6) is 0.398. The summed E-state index contributed by atoms with van der Waals surface area (Å²) in [6.45, 7) is 3.52. The van der Waals surface area contributed by atoms with Gasteiger partial charge in [0.2, 0.25) is 0 Å². The van der Waals surface area contributed by atoms with Crippen molar-refractivity contribution in [3.8, 4) is 5.69 Å². The number of carbonyl (C=O) groups excluding carboxylic acids is 1. The van der Waals surface area contributed by atoms with E-state index < -0.39 is 0 Å². The summed E-state index contributed by atoms with van der Waals surface area (Å²) in [4.78, 5) is 14.6. The highest BCUT2D eigenvalue weighted by Crippen LogP contribution is 2.21. The quantitative estimate of drug-likeness (QED) is 0.904. The number of hydrogen-bond acceptors (Lipinski definition) is 3. The molecule has 1 fully saturated rings. The summed E-state index contributed by atoms with van der Waals surface area (Å²) in [7, 11) is 0. The molecule has 7 heteroatoms. The number of amides is 1. The first-order valence-electron chi connectivity index (χ1n) is 7.90. The fourth-order valence-electron chi connectivity index (χ4n) is 2.97. The van der Waals surface area contributed by atoms with Crippen molar-refractivity contribution in [2.45, 2.75) is 25.8 Å². The summed E-state index contributed by atoms with van der Waals surface area (Å²) in [5.41, 5.74) is 7.47. The predicted molar refractivity (Wildman–Crippen MR) is 98.1 cm³/mol. The van der Waals surface area contributed by atoms with Crippen LogP contribution in [0.15, 0.2) is 36.7 Å². The second-order valence-corrected chi connectivity index (χ2v) is 6.60. The minimum absolute atomic E-state index is 0. The molecule has 24 heavy (non-hydrogen) atoms. The Balaban J connectivity index is 0.00000208. The van der Waals surface area contributed by atoms with Crippen LogP contribution in [-0.2, 0) is 0 Å². The van der Waals surface area contributed by atoms with E-state index in [-0.39, 0.29) is 24.4 Å². The molecular formula is C17H22Cl2N4O. The van der Waals surface area contributed by atoms with Gasteiger partial charge >= 0.3 is 0 Å². The third kappa shape index (κ3) is 4.09. The van der Waals surface area contributed by atoms with Crippen molar-refractivity contribution in [2.24, 2.45) is 11.7 Å². The van der Waals surface area contributed by atoms with Crippen LogP contribution in [-0.4, -0.2) is 39.7 Å². The third-order valence-corrected chi connectivity index (χ3v) is 4.66. The number of rotatable bonds is 3. The normalized spacial score (nSPS) is 18.8. The van der Waals surface area contributed by atoms with E-state index in [0.29, 0.717) is 16.5 Å². The van der Waals surface area contributed by atoms with E-state index >= 15 is 0 Å². The van der Waals surface area contributed by atoms with Crippen LogP contribution < -0.4 is 5.73 Å². The standard InChI is InChI=1S/C17H21ClN4O.ClH/c1-12(19)13-3-2-8-21(10-13)17(23)14-9-20-22(11-14)16-6-4-15(18)5-7-16;/h4-7,9,11-13H,2-3,8,10,19H2,1H3;1H. The molecule has 2 atom stereocenters.